The smallest absolute Gasteiger partial charge is 0.251 e. The first-order valence-corrected chi connectivity index (χ1v) is 8.50. The predicted octanol–water partition coefficient (Wildman–Crippen LogP) is 3.87. The minimum Gasteiger partial charge on any atom is -0.489 e. The Bertz CT molecular complexity index is 924. The zero-order chi connectivity index (χ0) is 19.1. The summed E-state index contributed by atoms with van der Waals surface area (Å²) in [7, 11) is 0. The number of benzene rings is 3. The van der Waals surface area contributed by atoms with E-state index in [1.807, 2.05) is 6.07 Å². The number of para-hydroxylation sites is 1. The Kier molecular flexibility index (Phi) is 5.94. The van der Waals surface area contributed by atoms with Crippen LogP contribution in [-0.2, 0) is 0 Å². The van der Waals surface area contributed by atoms with E-state index >= 15 is 0 Å². The number of halogens is 1. The molecule has 0 bridgehead atoms. The van der Waals surface area contributed by atoms with Gasteiger partial charge in [0.1, 0.15) is 6.61 Å². The van der Waals surface area contributed by atoms with Crippen molar-refractivity contribution in [1.29, 1.82) is 0 Å². The molecule has 27 heavy (non-hydrogen) atoms. The Morgan fingerprint density at radius 1 is 0.778 bits per heavy atom. The third-order valence-electron chi connectivity index (χ3n) is 3.93. The second-order valence-corrected chi connectivity index (χ2v) is 5.81. The Labute approximate surface area is 156 Å². The topological polar surface area (TPSA) is 55.4 Å². The van der Waals surface area contributed by atoms with Crippen LogP contribution in [0.4, 0.5) is 4.39 Å². The number of ether oxygens (including phenoxy) is 1. The summed E-state index contributed by atoms with van der Waals surface area (Å²) >= 11 is 0. The zero-order valence-electron chi connectivity index (χ0n) is 14.5. The highest BCUT2D eigenvalue weighted by Gasteiger charge is 2.10. The average molecular weight is 363 g/mol. The number of hydrogen-bond acceptors (Lipinski definition) is 3. The molecule has 0 aliphatic rings. The van der Waals surface area contributed by atoms with Crippen molar-refractivity contribution in [2.24, 2.45) is 0 Å². The van der Waals surface area contributed by atoms with Crippen molar-refractivity contribution in [3.8, 4) is 5.75 Å². The number of carbonyl (C=O) groups excluding carboxylic acids is 2. The molecule has 3 rings (SSSR count). The molecule has 3 aromatic carbocycles. The lowest BCUT2D eigenvalue weighted by Crippen LogP contribution is -2.28. The van der Waals surface area contributed by atoms with Crippen LogP contribution in [-0.4, -0.2) is 24.8 Å². The number of rotatable bonds is 7. The molecule has 0 unspecified atom stereocenters. The van der Waals surface area contributed by atoms with Gasteiger partial charge in [-0.3, -0.25) is 9.59 Å². The number of ketones is 1. The summed E-state index contributed by atoms with van der Waals surface area (Å²) in [5, 5.41) is 2.70. The van der Waals surface area contributed by atoms with Gasteiger partial charge in [0.2, 0.25) is 0 Å². The van der Waals surface area contributed by atoms with Gasteiger partial charge < -0.3 is 10.1 Å². The highest BCUT2D eigenvalue weighted by Crippen LogP contribution is 2.15. The lowest BCUT2D eigenvalue weighted by molar-refractivity contribution is 0.0945. The summed E-state index contributed by atoms with van der Waals surface area (Å²) in [6.07, 6.45) is 0. The first kappa shape index (κ1) is 18.3. The van der Waals surface area contributed by atoms with Crippen LogP contribution in [0, 0.1) is 5.82 Å². The van der Waals surface area contributed by atoms with E-state index in [1.165, 1.54) is 12.1 Å². The van der Waals surface area contributed by atoms with Crippen LogP contribution in [0.2, 0.25) is 0 Å². The SMILES string of the molecule is O=C(NCCOc1ccccc1F)c1ccc(C(=O)c2ccccc2)cc1. The maximum atomic E-state index is 13.4. The van der Waals surface area contributed by atoms with Crippen LogP contribution in [0.15, 0.2) is 78.9 Å². The van der Waals surface area contributed by atoms with Gasteiger partial charge in [0.15, 0.2) is 17.3 Å². The van der Waals surface area contributed by atoms with Gasteiger partial charge >= 0.3 is 0 Å². The third-order valence-corrected chi connectivity index (χ3v) is 3.93. The molecule has 4 nitrogen and oxygen atoms in total. The standard InChI is InChI=1S/C22H18FNO3/c23-19-8-4-5-9-20(19)27-15-14-24-22(26)18-12-10-17(11-13-18)21(25)16-6-2-1-3-7-16/h1-13H,14-15H2,(H,24,26). The highest BCUT2D eigenvalue weighted by atomic mass is 19.1. The second kappa shape index (κ2) is 8.76. The summed E-state index contributed by atoms with van der Waals surface area (Å²) < 4.78 is 18.7. The molecule has 0 aromatic heterocycles. The first-order valence-electron chi connectivity index (χ1n) is 8.50. The molecule has 0 atom stereocenters. The molecule has 5 heteroatoms. The van der Waals surface area contributed by atoms with Crippen LogP contribution >= 0.6 is 0 Å². The molecule has 0 saturated carbocycles. The van der Waals surface area contributed by atoms with E-state index in [4.69, 9.17) is 4.74 Å². The zero-order valence-corrected chi connectivity index (χ0v) is 14.5. The molecule has 0 aliphatic carbocycles. The summed E-state index contributed by atoms with van der Waals surface area (Å²) in [6.45, 7) is 0.384. The number of amides is 1. The van der Waals surface area contributed by atoms with Crippen molar-refractivity contribution in [3.63, 3.8) is 0 Å². The normalized spacial score (nSPS) is 10.3. The monoisotopic (exact) mass is 363 g/mol. The first-order chi connectivity index (χ1) is 13.1. The lowest BCUT2D eigenvalue weighted by Gasteiger charge is -2.09. The summed E-state index contributed by atoms with van der Waals surface area (Å²) in [4.78, 5) is 24.5. The minimum absolute atomic E-state index is 0.0964. The van der Waals surface area contributed by atoms with Gasteiger partial charge in [-0.2, -0.15) is 0 Å². The molecule has 3 aromatic rings. The molecular formula is C22H18FNO3. The summed E-state index contributed by atoms with van der Waals surface area (Å²) in [5.41, 5.74) is 1.55. The van der Waals surface area contributed by atoms with Crippen molar-refractivity contribution in [2.45, 2.75) is 0 Å². The van der Waals surface area contributed by atoms with E-state index in [-0.39, 0.29) is 30.6 Å². The maximum Gasteiger partial charge on any atom is 0.251 e. The van der Waals surface area contributed by atoms with Crippen LogP contribution in [0.3, 0.4) is 0 Å². The molecule has 1 N–H and O–H groups in total. The fraction of sp³-hybridized carbons (Fsp3) is 0.0909. The summed E-state index contributed by atoms with van der Waals surface area (Å²) in [6, 6.07) is 21.5. The Morgan fingerprint density at radius 3 is 2.07 bits per heavy atom. The van der Waals surface area contributed by atoms with E-state index in [0.29, 0.717) is 16.7 Å². The molecule has 0 spiro atoms. The molecule has 136 valence electrons. The van der Waals surface area contributed by atoms with Crippen molar-refractivity contribution in [2.75, 3.05) is 13.2 Å². The van der Waals surface area contributed by atoms with E-state index in [2.05, 4.69) is 5.32 Å². The van der Waals surface area contributed by atoms with Crippen molar-refractivity contribution < 1.29 is 18.7 Å². The van der Waals surface area contributed by atoms with Crippen LogP contribution in [0.25, 0.3) is 0 Å². The quantitative estimate of drug-likeness (QED) is 0.512. The van der Waals surface area contributed by atoms with Gasteiger partial charge in [-0.25, -0.2) is 4.39 Å². The Morgan fingerprint density at radius 2 is 1.37 bits per heavy atom. The van der Waals surface area contributed by atoms with Crippen molar-refractivity contribution in [3.05, 3.63) is 101 Å². The van der Waals surface area contributed by atoms with Gasteiger partial charge in [-0.15, -0.1) is 0 Å². The van der Waals surface area contributed by atoms with E-state index in [9.17, 15) is 14.0 Å². The van der Waals surface area contributed by atoms with Crippen molar-refractivity contribution >= 4 is 11.7 Å². The van der Waals surface area contributed by atoms with E-state index in [1.54, 1.807) is 60.7 Å². The molecular weight excluding hydrogens is 345 g/mol. The minimum atomic E-state index is -0.442. The second-order valence-electron chi connectivity index (χ2n) is 5.81. The van der Waals surface area contributed by atoms with Crippen LogP contribution in [0.1, 0.15) is 26.3 Å². The number of nitrogens with one attached hydrogen (secondary N) is 1. The van der Waals surface area contributed by atoms with Gasteiger partial charge in [0, 0.05) is 16.7 Å². The Balaban J connectivity index is 1.52. The van der Waals surface area contributed by atoms with E-state index in [0.717, 1.165) is 0 Å². The Hall–Kier alpha value is -3.47. The van der Waals surface area contributed by atoms with Gasteiger partial charge in [-0.05, 0) is 24.3 Å². The van der Waals surface area contributed by atoms with E-state index < -0.39 is 5.82 Å². The lowest BCUT2D eigenvalue weighted by atomic mass is 10.0. The van der Waals surface area contributed by atoms with Gasteiger partial charge in [0.25, 0.3) is 5.91 Å². The van der Waals surface area contributed by atoms with Crippen molar-refractivity contribution in [1.82, 2.24) is 5.32 Å². The van der Waals surface area contributed by atoms with Crippen LogP contribution in [0.5, 0.6) is 5.75 Å². The fourth-order valence-corrected chi connectivity index (χ4v) is 2.52. The third kappa shape index (κ3) is 4.79. The van der Waals surface area contributed by atoms with Gasteiger partial charge in [-0.1, -0.05) is 54.6 Å². The molecule has 0 aliphatic heterocycles. The van der Waals surface area contributed by atoms with Gasteiger partial charge in [0.05, 0.1) is 6.54 Å². The number of carbonyl (C=O) groups is 2. The molecule has 0 heterocycles. The molecule has 0 saturated heterocycles. The van der Waals surface area contributed by atoms with Crippen LogP contribution < -0.4 is 10.1 Å². The highest BCUT2D eigenvalue weighted by molar-refractivity contribution is 6.09. The maximum absolute atomic E-state index is 13.4. The summed E-state index contributed by atoms with van der Waals surface area (Å²) in [5.74, 6) is -0.676. The molecule has 0 fully saturated rings. The predicted molar refractivity (Wildman–Crippen MR) is 101 cm³/mol. The molecule has 1 amide bonds. The largest absolute Gasteiger partial charge is 0.489 e. The number of hydrogen-bond donors (Lipinski definition) is 1. The average Bonchev–Trinajstić information content (AvgIpc) is 2.72. The molecule has 0 radical (unpaired) electrons. The fourth-order valence-electron chi connectivity index (χ4n) is 2.52.